The SMILES string of the molecule is CCS(=O)(=O)c1ccc(C(=O)O)c(C(F)(F)F)c1. The molecule has 0 amide bonds. The van der Waals surface area contributed by atoms with Crippen molar-refractivity contribution in [2.24, 2.45) is 0 Å². The number of benzene rings is 1. The Kier molecular flexibility index (Phi) is 3.70. The number of aromatic carboxylic acids is 1. The molecule has 0 saturated heterocycles. The fourth-order valence-electron chi connectivity index (χ4n) is 1.30. The van der Waals surface area contributed by atoms with Crippen LogP contribution in [-0.4, -0.2) is 25.2 Å². The lowest BCUT2D eigenvalue weighted by molar-refractivity contribution is -0.138. The average molecular weight is 282 g/mol. The first-order chi connectivity index (χ1) is 8.09. The van der Waals surface area contributed by atoms with Gasteiger partial charge >= 0.3 is 12.1 Å². The van der Waals surface area contributed by atoms with Gasteiger partial charge in [0, 0.05) is 0 Å². The summed E-state index contributed by atoms with van der Waals surface area (Å²) < 4.78 is 60.8. The predicted molar refractivity (Wildman–Crippen MR) is 56.1 cm³/mol. The number of halogens is 3. The number of carboxylic acid groups (broad SMARTS) is 1. The lowest BCUT2D eigenvalue weighted by Gasteiger charge is -2.11. The molecule has 0 aliphatic rings. The molecule has 18 heavy (non-hydrogen) atoms. The minimum Gasteiger partial charge on any atom is -0.478 e. The largest absolute Gasteiger partial charge is 0.478 e. The average Bonchev–Trinajstić information content (AvgIpc) is 2.27. The Morgan fingerprint density at radius 2 is 1.89 bits per heavy atom. The Balaban J connectivity index is 3.55. The molecular weight excluding hydrogens is 273 g/mol. The van der Waals surface area contributed by atoms with E-state index in [2.05, 4.69) is 0 Å². The number of rotatable bonds is 3. The molecule has 0 fully saturated rings. The van der Waals surface area contributed by atoms with Crippen LogP contribution in [0.25, 0.3) is 0 Å². The van der Waals surface area contributed by atoms with Gasteiger partial charge < -0.3 is 5.11 Å². The summed E-state index contributed by atoms with van der Waals surface area (Å²) in [5.41, 5.74) is -2.44. The van der Waals surface area contributed by atoms with Gasteiger partial charge in [-0.1, -0.05) is 6.92 Å². The van der Waals surface area contributed by atoms with Gasteiger partial charge in [0.25, 0.3) is 0 Å². The Labute approximate surface area is 101 Å². The topological polar surface area (TPSA) is 71.4 Å². The minimum atomic E-state index is -4.92. The summed E-state index contributed by atoms with van der Waals surface area (Å²) in [5.74, 6) is -2.13. The van der Waals surface area contributed by atoms with E-state index in [4.69, 9.17) is 5.11 Å². The van der Waals surface area contributed by atoms with Crippen molar-refractivity contribution in [2.75, 3.05) is 5.75 Å². The van der Waals surface area contributed by atoms with Crippen molar-refractivity contribution < 1.29 is 31.5 Å². The van der Waals surface area contributed by atoms with Gasteiger partial charge in [-0.3, -0.25) is 0 Å². The molecule has 0 saturated carbocycles. The van der Waals surface area contributed by atoms with E-state index in [-0.39, 0.29) is 5.75 Å². The van der Waals surface area contributed by atoms with E-state index in [0.717, 1.165) is 6.07 Å². The molecule has 0 bridgehead atoms. The van der Waals surface area contributed by atoms with Crippen LogP contribution >= 0.6 is 0 Å². The van der Waals surface area contributed by atoms with E-state index < -0.39 is 38.0 Å². The maximum Gasteiger partial charge on any atom is 0.417 e. The van der Waals surface area contributed by atoms with Gasteiger partial charge in [0.05, 0.1) is 21.8 Å². The van der Waals surface area contributed by atoms with Gasteiger partial charge in [0.1, 0.15) is 0 Å². The van der Waals surface area contributed by atoms with Crippen LogP contribution in [0.3, 0.4) is 0 Å². The van der Waals surface area contributed by atoms with Crippen LogP contribution in [-0.2, 0) is 16.0 Å². The zero-order valence-electron chi connectivity index (χ0n) is 9.15. The smallest absolute Gasteiger partial charge is 0.417 e. The van der Waals surface area contributed by atoms with Gasteiger partial charge in [0.15, 0.2) is 9.84 Å². The highest BCUT2D eigenvalue weighted by Gasteiger charge is 2.36. The van der Waals surface area contributed by atoms with E-state index in [0.29, 0.717) is 12.1 Å². The monoisotopic (exact) mass is 282 g/mol. The molecular formula is C10H9F3O4S. The summed E-state index contributed by atoms with van der Waals surface area (Å²) in [5, 5.41) is 8.63. The summed E-state index contributed by atoms with van der Waals surface area (Å²) in [7, 11) is -3.82. The maximum atomic E-state index is 12.6. The number of alkyl halides is 3. The maximum absolute atomic E-state index is 12.6. The Morgan fingerprint density at radius 3 is 2.28 bits per heavy atom. The fraction of sp³-hybridized carbons (Fsp3) is 0.300. The molecule has 0 unspecified atom stereocenters. The first-order valence-electron chi connectivity index (χ1n) is 4.77. The summed E-state index contributed by atoms with van der Waals surface area (Å²) in [6.07, 6.45) is -4.92. The second kappa shape index (κ2) is 4.60. The minimum absolute atomic E-state index is 0.349. The quantitative estimate of drug-likeness (QED) is 0.922. The van der Waals surface area contributed by atoms with Gasteiger partial charge in [-0.2, -0.15) is 13.2 Å². The molecule has 1 rings (SSSR count). The number of sulfone groups is 1. The molecule has 1 aromatic rings. The van der Waals surface area contributed by atoms with Crippen LogP contribution in [0.1, 0.15) is 22.8 Å². The number of carboxylic acids is 1. The molecule has 0 aliphatic heterocycles. The van der Waals surface area contributed by atoms with Crippen LogP contribution in [0.5, 0.6) is 0 Å². The van der Waals surface area contributed by atoms with Crippen molar-refractivity contribution >= 4 is 15.8 Å². The van der Waals surface area contributed by atoms with E-state index in [1.165, 1.54) is 6.92 Å². The first-order valence-corrected chi connectivity index (χ1v) is 6.42. The molecule has 1 aromatic carbocycles. The molecule has 100 valence electrons. The highest BCUT2D eigenvalue weighted by Crippen LogP contribution is 2.33. The van der Waals surface area contributed by atoms with Crippen molar-refractivity contribution in [3.63, 3.8) is 0 Å². The van der Waals surface area contributed by atoms with Crippen LogP contribution < -0.4 is 0 Å². The first kappa shape index (κ1) is 14.5. The van der Waals surface area contributed by atoms with Crippen LogP contribution in [0.2, 0.25) is 0 Å². The second-order valence-electron chi connectivity index (χ2n) is 3.41. The Bertz CT molecular complexity index is 575. The summed E-state index contributed by atoms with van der Waals surface area (Å²) >= 11 is 0. The van der Waals surface area contributed by atoms with Crippen molar-refractivity contribution in [3.05, 3.63) is 29.3 Å². The lowest BCUT2D eigenvalue weighted by Crippen LogP contribution is -2.15. The highest BCUT2D eigenvalue weighted by atomic mass is 32.2. The number of carbonyl (C=O) groups is 1. The Morgan fingerprint density at radius 1 is 1.33 bits per heavy atom. The molecule has 0 radical (unpaired) electrons. The van der Waals surface area contributed by atoms with Gasteiger partial charge in [0.2, 0.25) is 0 Å². The van der Waals surface area contributed by atoms with E-state index in [1.807, 2.05) is 0 Å². The standard InChI is InChI=1S/C10H9F3O4S/c1-2-18(16,17)6-3-4-7(9(14)15)8(5-6)10(11,12)13/h3-5H,2H2,1H3,(H,14,15). The summed E-state index contributed by atoms with van der Waals surface area (Å²) in [6.45, 7) is 1.29. The molecule has 0 atom stereocenters. The highest BCUT2D eigenvalue weighted by molar-refractivity contribution is 7.91. The lowest BCUT2D eigenvalue weighted by atomic mass is 10.1. The molecule has 8 heteroatoms. The van der Waals surface area contributed by atoms with Crippen molar-refractivity contribution in [2.45, 2.75) is 18.0 Å². The van der Waals surface area contributed by atoms with Gasteiger partial charge in [-0.05, 0) is 18.2 Å². The zero-order chi connectivity index (χ0) is 14.1. The summed E-state index contributed by atoms with van der Waals surface area (Å²) in [6, 6.07) is 1.85. The zero-order valence-corrected chi connectivity index (χ0v) is 9.97. The normalized spacial score (nSPS) is 12.4. The molecule has 0 aromatic heterocycles. The second-order valence-corrected chi connectivity index (χ2v) is 5.69. The molecule has 0 heterocycles. The van der Waals surface area contributed by atoms with E-state index >= 15 is 0 Å². The fourth-order valence-corrected chi connectivity index (χ4v) is 2.21. The third-order valence-electron chi connectivity index (χ3n) is 2.27. The Hall–Kier alpha value is -1.57. The number of hydrogen-bond donors (Lipinski definition) is 1. The van der Waals surface area contributed by atoms with Crippen LogP contribution in [0.15, 0.2) is 23.1 Å². The predicted octanol–water partition coefficient (Wildman–Crippen LogP) is 2.20. The summed E-state index contributed by atoms with van der Waals surface area (Å²) in [4.78, 5) is 10.1. The third kappa shape index (κ3) is 2.81. The molecule has 1 N–H and O–H groups in total. The van der Waals surface area contributed by atoms with E-state index in [9.17, 15) is 26.4 Å². The van der Waals surface area contributed by atoms with Crippen molar-refractivity contribution in [3.8, 4) is 0 Å². The van der Waals surface area contributed by atoms with Gasteiger partial charge in [-0.25, -0.2) is 13.2 Å². The third-order valence-corrected chi connectivity index (χ3v) is 4.00. The molecule has 0 spiro atoms. The molecule has 4 nitrogen and oxygen atoms in total. The van der Waals surface area contributed by atoms with Gasteiger partial charge in [-0.15, -0.1) is 0 Å². The van der Waals surface area contributed by atoms with Crippen molar-refractivity contribution in [1.29, 1.82) is 0 Å². The van der Waals surface area contributed by atoms with Crippen molar-refractivity contribution in [1.82, 2.24) is 0 Å². The van der Waals surface area contributed by atoms with E-state index in [1.54, 1.807) is 0 Å². The van der Waals surface area contributed by atoms with Crippen LogP contribution in [0.4, 0.5) is 13.2 Å². The molecule has 0 aliphatic carbocycles. The number of hydrogen-bond acceptors (Lipinski definition) is 3. The van der Waals surface area contributed by atoms with Crippen LogP contribution in [0, 0.1) is 0 Å².